The van der Waals surface area contributed by atoms with E-state index in [2.05, 4.69) is 10.3 Å². The van der Waals surface area contributed by atoms with Gasteiger partial charge in [-0.25, -0.2) is 0 Å². The lowest BCUT2D eigenvalue weighted by atomic mass is 10.2. The molecular formula is C9H16N4. The fourth-order valence-corrected chi connectivity index (χ4v) is 1.00. The van der Waals surface area contributed by atoms with E-state index in [0.717, 1.165) is 18.7 Å². The van der Waals surface area contributed by atoms with Crippen LogP contribution in [0.3, 0.4) is 0 Å². The van der Waals surface area contributed by atoms with Crippen molar-refractivity contribution in [2.45, 2.75) is 19.4 Å². The fraction of sp³-hybridized carbons (Fsp3) is 0.444. The minimum absolute atomic E-state index is 0.218. The van der Waals surface area contributed by atoms with Crippen molar-refractivity contribution in [2.75, 3.05) is 17.6 Å². The number of nitrogens with two attached hydrogens (primary N) is 2. The highest BCUT2D eigenvalue weighted by Crippen LogP contribution is 2.14. The van der Waals surface area contributed by atoms with Crippen molar-refractivity contribution >= 4 is 11.4 Å². The lowest BCUT2D eigenvalue weighted by Crippen LogP contribution is -2.19. The Balaban J connectivity index is 2.41. The number of hydrogen-bond donors (Lipinski definition) is 3. The number of anilines is 2. The number of nitrogens with zero attached hydrogens (tertiary/aromatic N) is 1. The molecule has 1 unspecified atom stereocenters. The molecule has 0 aliphatic carbocycles. The maximum atomic E-state index is 5.68. The van der Waals surface area contributed by atoms with E-state index in [9.17, 15) is 0 Å². The van der Waals surface area contributed by atoms with Gasteiger partial charge in [0.1, 0.15) is 0 Å². The van der Waals surface area contributed by atoms with E-state index in [4.69, 9.17) is 11.5 Å². The van der Waals surface area contributed by atoms with Gasteiger partial charge in [-0.2, -0.15) is 0 Å². The Kier molecular flexibility index (Phi) is 3.52. The molecule has 72 valence electrons. The predicted molar refractivity (Wildman–Crippen MR) is 55.4 cm³/mol. The van der Waals surface area contributed by atoms with Gasteiger partial charge in [-0.3, -0.25) is 4.98 Å². The Labute approximate surface area is 78.3 Å². The lowest BCUT2D eigenvalue weighted by molar-refractivity contribution is 0.690. The van der Waals surface area contributed by atoms with Gasteiger partial charge in [0.25, 0.3) is 0 Å². The van der Waals surface area contributed by atoms with Crippen LogP contribution in [0.15, 0.2) is 18.5 Å². The number of rotatable bonds is 4. The van der Waals surface area contributed by atoms with Gasteiger partial charge in [-0.05, 0) is 19.4 Å². The summed E-state index contributed by atoms with van der Waals surface area (Å²) in [5.74, 6) is 0. The molecule has 4 heteroatoms. The van der Waals surface area contributed by atoms with Crippen molar-refractivity contribution in [3.05, 3.63) is 18.5 Å². The van der Waals surface area contributed by atoms with Gasteiger partial charge < -0.3 is 16.8 Å². The summed E-state index contributed by atoms with van der Waals surface area (Å²) in [7, 11) is 0. The second kappa shape index (κ2) is 4.67. The molecule has 13 heavy (non-hydrogen) atoms. The predicted octanol–water partition coefficient (Wildman–Crippen LogP) is 0.813. The molecule has 0 saturated heterocycles. The molecule has 0 aliphatic heterocycles. The Bertz CT molecular complexity index is 260. The zero-order chi connectivity index (χ0) is 9.68. The van der Waals surface area contributed by atoms with Crippen LogP contribution in [0.4, 0.5) is 11.4 Å². The van der Waals surface area contributed by atoms with Crippen molar-refractivity contribution in [2.24, 2.45) is 5.73 Å². The first-order chi connectivity index (χ1) is 6.20. The first kappa shape index (κ1) is 9.80. The third-order valence-corrected chi connectivity index (χ3v) is 1.77. The largest absolute Gasteiger partial charge is 0.396 e. The van der Waals surface area contributed by atoms with E-state index in [-0.39, 0.29) is 6.04 Å². The Morgan fingerprint density at radius 1 is 1.62 bits per heavy atom. The molecule has 0 saturated carbocycles. The van der Waals surface area contributed by atoms with Gasteiger partial charge in [-0.15, -0.1) is 0 Å². The van der Waals surface area contributed by atoms with E-state index in [0.29, 0.717) is 5.69 Å². The topological polar surface area (TPSA) is 77.0 Å². The van der Waals surface area contributed by atoms with Gasteiger partial charge in [0.15, 0.2) is 0 Å². The minimum atomic E-state index is 0.218. The number of hydrogen-bond acceptors (Lipinski definition) is 4. The molecule has 0 aliphatic rings. The molecule has 0 spiro atoms. The van der Waals surface area contributed by atoms with Gasteiger partial charge >= 0.3 is 0 Å². The van der Waals surface area contributed by atoms with Gasteiger partial charge in [-0.1, -0.05) is 0 Å². The summed E-state index contributed by atoms with van der Waals surface area (Å²) in [6.07, 6.45) is 4.28. The average molecular weight is 180 g/mol. The summed E-state index contributed by atoms with van der Waals surface area (Å²) in [6, 6.07) is 2.08. The summed E-state index contributed by atoms with van der Waals surface area (Å²) in [6.45, 7) is 2.82. The van der Waals surface area contributed by atoms with Gasteiger partial charge in [0.05, 0.1) is 17.6 Å². The van der Waals surface area contributed by atoms with Crippen molar-refractivity contribution in [3.63, 3.8) is 0 Å². The molecule has 4 nitrogen and oxygen atoms in total. The van der Waals surface area contributed by atoms with E-state index < -0.39 is 0 Å². The number of nitrogen functional groups attached to an aromatic ring is 1. The second-order valence-electron chi connectivity index (χ2n) is 3.16. The van der Waals surface area contributed by atoms with Crippen molar-refractivity contribution < 1.29 is 0 Å². The number of aromatic nitrogens is 1. The van der Waals surface area contributed by atoms with Gasteiger partial charge in [0.2, 0.25) is 0 Å². The van der Waals surface area contributed by atoms with E-state index >= 15 is 0 Å². The zero-order valence-corrected chi connectivity index (χ0v) is 7.83. The maximum Gasteiger partial charge on any atom is 0.0736 e. The van der Waals surface area contributed by atoms with Crippen molar-refractivity contribution in [1.82, 2.24) is 4.98 Å². The van der Waals surface area contributed by atoms with Crippen LogP contribution in [-0.4, -0.2) is 17.6 Å². The monoisotopic (exact) mass is 180 g/mol. The van der Waals surface area contributed by atoms with Crippen LogP contribution in [0.5, 0.6) is 0 Å². The van der Waals surface area contributed by atoms with Crippen molar-refractivity contribution in [3.8, 4) is 0 Å². The summed E-state index contributed by atoms with van der Waals surface area (Å²) in [5, 5.41) is 3.20. The van der Waals surface area contributed by atoms with E-state index in [1.54, 1.807) is 12.4 Å². The number of pyridine rings is 1. The van der Waals surface area contributed by atoms with Crippen LogP contribution in [-0.2, 0) is 0 Å². The van der Waals surface area contributed by atoms with Gasteiger partial charge in [0, 0.05) is 18.8 Å². The van der Waals surface area contributed by atoms with Crippen LogP contribution < -0.4 is 16.8 Å². The van der Waals surface area contributed by atoms with Crippen LogP contribution in [0.2, 0.25) is 0 Å². The summed E-state index contributed by atoms with van der Waals surface area (Å²) in [5.41, 5.74) is 12.9. The Hall–Kier alpha value is -1.29. The summed E-state index contributed by atoms with van der Waals surface area (Å²) < 4.78 is 0. The molecule has 1 aromatic rings. The van der Waals surface area contributed by atoms with Crippen LogP contribution in [0.1, 0.15) is 13.3 Å². The Morgan fingerprint density at radius 2 is 2.38 bits per heavy atom. The summed E-state index contributed by atoms with van der Waals surface area (Å²) in [4.78, 5) is 3.90. The second-order valence-corrected chi connectivity index (χ2v) is 3.16. The SMILES string of the molecule is CC(N)CCNc1ccncc1N. The van der Waals surface area contributed by atoms with Crippen LogP contribution in [0.25, 0.3) is 0 Å². The zero-order valence-electron chi connectivity index (χ0n) is 7.83. The minimum Gasteiger partial charge on any atom is -0.396 e. The molecule has 1 aromatic heterocycles. The molecule has 0 bridgehead atoms. The molecule has 0 fully saturated rings. The van der Waals surface area contributed by atoms with Crippen molar-refractivity contribution in [1.29, 1.82) is 0 Å². The van der Waals surface area contributed by atoms with E-state index in [1.807, 2.05) is 13.0 Å². The molecule has 0 aromatic carbocycles. The van der Waals surface area contributed by atoms with E-state index in [1.165, 1.54) is 0 Å². The fourth-order valence-electron chi connectivity index (χ4n) is 1.00. The molecular weight excluding hydrogens is 164 g/mol. The number of nitrogens with one attached hydrogen (secondary N) is 1. The average Bonchev–Trinajstić information content (AvgIpc) is 2.08. The Morgan fingerprint density at radius 3 is 3.00 bits per heavy atom. The highest BCUT2D eigenvalue weighted by atomic mass is 14.9. The maximum absolute atomic E-state index is 5.68. The summed E-state index contributed by atoms with van der Waals surface area (Å²) >= 11 is 0. The first-order valence-electron chi connectivity index (χ1n) is 4.39. The smallest absolute Gasteiger partial charge is 0.0736 e. The first-order valence-corrected chi connectivity index (χ1v) is 4.39. The van der Waals surface area contributed by atoms with Crippen LogP contribution >= 0.6 is 0 Å². The highest BCUT2D eigenvalue weighted by Gasteiger charge is 1.97. The highest BCUT2D eigenvalue weighted by molar-refractivity contribution is 5.64. The molecule has 1 heterocycles. The molecule has 1 atom stereocenters. The normalized spacial score (nSPS) is 12.5. The third kappa shape index (κ3) is 3.29. The lowest BCUT2D eigenvalue weighted by Gasteiger charge is -2.09. The van der Waals surface area contributed by atoms with Crippen LogP contribution in [0, 0.1) is 0 Å². The standard InChI is InChI=1S/C9H16N4/c1-7(10)2-5-13-9-3-4-12-6-8(9)11/h3-4,6-7H,2,5,10-11H2,1H3,(H,12,13). The molecule has 1 rings (SSSR count). The molecule has 5 N–H and O–H groups in total. The molecule has 0 radical (unpaired) electrons. The third-order valence-electron chi connectivity index (χ3n) is 1.77. The molecule has 0 amide bonds. The quantitative estimate of drug-likeness (QED) is 0.641.